The average molecular weight is 267 g/mol. The van der Waals surface area contributed by atoms with Crippen molar-refractivity contribution in [1.82, 2.24) is 15.1 Å². The van der Waals surface area contributed by atoms with E-state index in [-0.39, 0.29) is 0 Å². The van der Waals surface area contributed by atoms with Crippen molar-refractivity contribution in [1.29, 1.82) is 0 Å². The molecule has 0 radical (unpaired) electrons. The number of hydrogen-bond acceptors (Lipinski definition) is 3. The van der Waals surface area contributed by atoms with Crippen molar-refractivity contribution in [2.24, 2.45) is 11.8 Å². The van der Waals surface area contributed by atoms with Crippen molar-refractivity contribution in [2.75, 3.05) is 40.3 Å². The molecule has 0 spiro atoms. The maximum atomic E-state index is 3.68. The first-order valence-electron chi connectivity index (χ1n) is 8.18. The highest BCUT2D eigenvalue weighted by atomic mass is 15.2. The molecular formula is C16H33N3. The van der Waals surface area contributed by atoms with E-state index in [1.165, 1.54) is 51.9 Å². The molecule has 2 rings (SSSR count). The van der Waals surface area contributed by atoms with Gasteiger partial charge in [-0.1, -0.05) is 6.92 Å². The SMILES string of the molecule is CC(CNC1CC1)C(C)N1CCC(CN(C)C)CC1. The molecule has 0 aromatic carbocycles. The van der Waals surface area contributed by atoms with Gasteiger partial charge in [-0.2, -0.15) is 0 Å². The normalized spacial score (nSPS) is 25.7. The van der Waals surface area contributed by atoms with Gasteiger partial charge in [-0.25, -0.2) is 0 Å². The highest BCUT2D eigenvalue weighted by molar-refractivity contribution is 4.85. The molecule has 0 aromatic heterocycles. The van der Waals surface area contributed by atoms with Crippen LogP contribution in [0.1, 0.15) is 39.5 Å². The van der Waals surface area contributed by atoms with Gasteiger partial charge >= 0.3 is 0 Å². The largest absolute Gasteiger partial charge is 0.314 e. The van der Waals surface area contributed by atoms with Gasteiger partial charge in [-0.05, 0) is 78.2 Å². The van der Waals surface area contributed by atoms with Crippen LogP contribution in [0.5, 0.6) is 0 Å². The van der Waals surface area contributed by atoms with Crippen LogP contribution in [0.3, 0.4) is 0 Å². The summed E-state index contributed by atoms with van der Waals surface area (Å²) in [7, 11) is 4.39. The van der Waals surface area contributed by atoms with Gasteiger partial charge in [0, 0.05) is 18.6 Å². The monoisotopic (exact) mass is 267 g/mol. The fraction of sp³-hybridized carbons (Fsp3) is 1.00. The van der Waals surface area contributed by atoms with E-state index in [1.807, 2.05) is 0 Å². The highest BCUT2D eigenvalue weighted by Gasteiger charge is 2.27. The van der Waals surface area contributed by atoms with Crippen LogP contribution in [0.2, 0.25) is 0 Å². The van der Waals surface area contributed by atoms with Gasteiger partial charge in [-0.15, -0.1) is 0 Å². The van der Waals surface area contributed by atoms with Crippen LogP contribution < -0.4 is 5.32 Å². The summed E-state index contributed by atoms with van der Waals surface area (Å²) in [6.07, 6.45) is 5.56. The number of hydrogen-bond donors (Lipinski definition) is 1. The summed E-state index contributed by atoms with van der Waals surface area (Å²) in [5, 5.41) is 3.68. The summed E-state index contributed by atoms with van der Waals surface area (Å²) in [5.74, 6) is 1.68. The lowest BCUT2D eigenvalue weighted by Gasteiger charge is -2.39. The Morgan fingerprint density at radius 1 is 1.11 bits per heavy atom. The number of piperidine rings is 1. The number of nitrogens with one attached hydrogen (secondary N) is 1. The Kier molecular flexibility index (Phi) is 5.67. The van der Waals surface area contributed by atoms with Crippen LogP contribution in [0.15, 0.2) is 0 Å². The van der Waals surface area contributed by atoms with E-state index in [0.29, 0.717) is 0 Å². The van der Waals surface area contributed by atoms with Crippen LogP contribution in [0.4, 0.5) is 0 Å². The average Bonchev–Trinajstić information content (AvgIpc) is 3.19. The molecule has 1 aliphatic carbocycles. The van der Waals surface area contributed by atoms with E-state index >= 15 is 0 Å². The Bertz CT molecular complexity index is 255. The minimum Gasteiger partial charge on any atom is -0.314 e. The molecule has 1 saturated carbocycles. The van der Waals surface area contributed by atoms with Crippen LogP contribution in [-0.4, -0.2) is 62.2 Å². The molecule has 2 atom stereocenters. The van der Waals surface area contributed by atoms with Crippen LogP contribution in [-0.2, 0) is 0 Å². The van der Waals surface area contributed by atoms with Gasteiger partial charge in [0.15, 0.2) is 0 Å². The maximum absolute atomic E-state index is 3.68. The number of likely N-dealkylation sites (tertiary alicyclic amines) is 1. The zero-order chi connectivity index (χ0) is 13.8. The first-order chi connectivity index (χ1) is 9.06. The second-order valence-electron chi connectivity index (χ2n) is 7.14. The van der Waals surface area contributed by atoms with E-state index in [0.717, 1.165) is 23.9 Å². The van der Waals surface area contributed by atoms with Crippen molar-refractivity contribution in [3.05, 3.63) is 0 Å². The lowest BCUT2D eigenvalue weighted by Crippen LogP contribution is -2.46. The topological polar surface area (TPSA) is 18.5 Å². The van der Waals surface area contributed by atoms with Gasteiger partial charge in [-0.3, -0.25) is 0 Å². The minimum absolute atomic E-state index is 0.728. The van der Waals surface area contributed by atoms with Crippen molar-refractivity contribution < 1.29 is 0 Å². The Hall–Kier alpha value is -0.120. The van der Waals surface area contributed by atoms with Gasteiger partial charge in [0.2, 0.25) is 0 Å². The first-order valence-corrected chi connectivity index (χ1v) is 8.18. The van der Waals surface area contributed by atoms with Gasteiger partial charge in [0.1, 0.15) is 0 Å². The lowest BCUT2D eigenvalue weighted by molar-refractivity contribution is 0.0998. The second-order valence-corrected chi connectivity index (χ2v) is 7.14. The molecule has 2 unspecified atom stereocenters. The van der Waals surface area contributed by atoms with Crippen molar-refractivity contribution in [3.63, 3.8) is 0 Å². The van der Waals surface area contributed by atoms with Gasteiger partial charge < -0.3 is 15.1 Å². The third-order valence-corrected chi connectivity index (χ3v) is 4.98. The van der Waals surface area contributed by atoms with Crippen LogP contribution in [0.25, 0.3) is 0 Å². The third-order valence-electron chi connectivity index (χ3n) is 4.98. The molecule has 1 aliphatic heterocycles. The zero-order valence-corrected chi connectivity index (χ0v) is 13.4. The Morgan fingerprint density at radius 3 is 2.26 bits per heavy atom. The number of nitrogens with zero attached hydrogens (tertiary/aromatic N) is 2. The summed E-state index contributed by atoms with van der Waals surface area (Å²) in [6, 6.07) is 1.58. The number of rotatable bonds is 7. The maximum Gasteiger partial charge on any atom is 0.0105 e. The molecule has 2 aliphatic rings. The molecule has 19 heavy (non-hydrogen) atoms. The summed E-state index contributed by atoms with van der Waals surface area (Å²) >= 11 is 0. The fourth-order valence-electron chi connectivity index (χ4n) is 3.23. The van der Waals surface area contributed by atoms with Crippen LogP contribution >= 0.6 is 0 Å². The highest BCUT2D eigenvalue weighted by Crippen LogP contribution is 2.23. The van der Waals surface area contributed by atoms with Crippen LogP contribution in [0, 0.1) is 11.8 Å². The summed E-state index contributed by atoms with van der Waals surface area (Å²) in [6.45, 7) is 9.89. The Morgan fingerprint density at radius 2 is 1.74 bits per heavy atom. The molecule has 0 aromatic rings. The zero-order valence-electron chi connectivity index (χ0n) is 13.4. The molecule has 1 heterocycles. The van der Waals surface area contributed by atoms with Crippen molar-refractivity contribution in [3.8, 4) is 0 Å². The molecule has 3 nitrogen and oxygen atoms in total. The Labute approximate surface area is 119 Å². The van der Waals surface area contributed by atoms with E-state index in [4.69, 9.17) is 0 Å². The quantitative estimate of drug-likeness (QED) is 0.761. The smallest absolute Gasteiger partial charge is 0.0105 e. The Balaban J connectivity index is 1.67. The summed E-state index contributed by atoms with van der Waals surface area (Å²) in [4.78, 5) is 5.05. The summed E-state index contributed by atoms with van der Waals surface area (Å²) < 4.78 is 0. The molecule has 1 N–H and O–H groups in total. The molecule has 0 bridgehead atoms. The molecule has 3 heteroatoms. The van der Waals surface area contributed by atoms with E-state index in [9.17, 15) is 0 Å². The predicted molar refractivity (Wildman–Crippen MR) is 82.5 cm³/mol. The molecule has 112 valence electrons. The molecule has 0 amide bonds. The minimum atomic E-state index is 0.728. The first kappa shape index (κ1) is 15.3. The second kappa shape index (κ2) is 7.05. The predicted octanol–water partition coefficient (Wildman–Crippen LogP) is 2.04. The van der Waals surface area contributed by atoms with E-state index < -0.39 is 0 Å². The molecule has 1 saturated heterocycles. The fourth-order valence-corrected chi connectivity index (χ4v) is 3.23. The lowest BCUT2D eigenvalue weighted by atomic mass is 9.93. The van der Waals surface area contributed by atoms with E-state index in [2.05, 4.69) is 43.1 Å². The third kappa shape index (κ3) is 5.05. The van der Waals surface area contributed by atoms with Gasteiger partial charge in [0.05, 0.1) is 0 Å². The molecule has 2 fully saturated rings. The van der Waals surface area contributed by atoms with Crippen molar-refractivity contribution in [2.45, 2.75) is 51.6 Å². The molecular weight excluding hydrogens is 234 g/mol. The van der Waals surface area contributed by atoms with Gasteiger partial charge in [0.25, 0.3) is 0 Å². The van der Waals surface area contributed by atoms with Crippen molar-refractivity contribution >= 4 is 0 Å². The van der Waals surface area contributed by atoms with E-state index in [1.54, 1.807) is 0 Å². The standard InChI is InChI=1S/C16H33N3/c1-13(11-17-16-5-6-16)14(2)19-9-7-15(8-10-19)12-18(3)4/h13-17H,5-12H2,1-4H3. The summed E-state index contributed by atoms with van der Waals surface area (Å²) in [5.41, 5.74) is 0.